The van der Waals surface area contributed by atoms with Crippen molar-refractivity contribution in [3.05, 3.63) is 53.2 Å². The molecule has 108 valence electrons. The lowest BCUT2D eigenvalue weighted by molar-refractivity contribution is 0.0524. The van der Waals surface area contributed by atoms with E-state index in [1.165, 1.54) is 0 Å². The summed E-state index contributed by atoms with van der Waals surface area (Å²) in [6.07, 6.45) is 2.22. The summed E-state index contributed by atoms with van der Waals surface area (Å²) < 4.78 is 5.17. The van der Waals surface area contributed by atoms with Crippen LogP contribution < -0.4 is 0 Å². The molecule has 1 aliphatic carbocycles. The molecular formula is C18H19NO2. The zero-order valence-electron chi connectivity index (χ0n) is 12.4. The minimum Gasteiger partial charge on any atom is -0.462 e. The average Bonchev–Trinajstić information content (AvgIpc) is 3.33. The molecule has 0 bridgehead atoms. The molecule has 1 aliphatic rings. The Hall–Kier alpha value is -2.16. The molecule has 0 atom stereocenters. The maximum absolute atomic E-state index is 12.1. The van der Waals surface area contributed by atoms with E-state index in [1.807, 2.05) is 38.1 Å². The molecule has 3 nitrogen and oxygen atoms in total. The van der Waals surface area contributed by atoms with Crippen LogP contribution in [0, 0.1) is 6.92 Å². The maximum atomic E-state index is 12.1. The van der Waals surface area contributed by atoms with E-state index in [0.29, 0.717) is 18.1 Å². The number of esters is 1. The van der Waals surface area contributed by atoms with E-state index in [1.54, 1.807) is 0 Å². The van der Waals surface area contributed by atoms with Crippen LogP contribution >= 0.6 is 0 Å². The summed E-state index contributed by atoms with van der Waals surface area (Å²) in [7, 11) is 0. The Bertz CT molecular complexity index is 660. The van der Waals surface area contributed by atoms with Crippen LogP contribution in [0.1, 0.15) is 47.3 Å². The molecule has 3 rings (SSSR count). The Kier molecular flexibility index (Phi) is 3.74. The first kappa shape index (κ1) is 13.8. The fourth-order valence-electron chi connectivity index (χ4n) is 2.56. The zero-order valence-corrected chi connectivity index (χ0v) is 12.4. The van der Waals surface area contributed by atoms with Gasteiger partial charge in [0.15, 0.2) is 0 Å². The Labute approximate surface area is 125 Å². The number of nitrogens with zero attached hydrogens (tertiary/aromatic N) is 1. The molecule has 0 saturated heterocycles. The number of aryl methyl sites for hydroxylation is 1. The Morgan fingerprint density at radius 1 is 1.29 bits per heavy atom. The van der Waals surface area contributed by atoms with Gasteiger partial charge in [0.2, 0.25) is 0 Å². The monoisotopic (exact) mass is 281 g/mol. The number of ether oxygens (including phenoxy) is 1. The predicted octanol–water partition coefficient (Wildman–Crippen LogP) is 4.11. The van der Waals surface area contributed by atoms with E-state index < -0.39 is 0 Å². The molecule has 0 amide bonds. The summed E-state index contributed by atoms with van der Waals surface area (Å²) >= 11 is 0. The molecule has 0 aliphatic heterocycles. The third kappa shape index (κ3) is 2.82. The third-order valence-electron chi connectivity index (χ3n) is 3.75. The van der Waals surface area contributed by atoms with Crippen LogP contribution in [-0.2, 0) is 4.74 Å². The normalized spacial score (nSPS) is 14.0. The van der Waals surface area contributed by atoms with Crippen LogP contribution in [0.2, 0.25) is 0 Å². The van der Waals surface area contributed by atoms with Crippen molar-refractivity contribution in [3.8, 4) is 11.3 Å². The molecule has 1 aromatic carbocycles. The van der Waals surface area contributed by atoms with Crippen LogP contribution in [0.4, 0.5) is 0 Å². The van der Waals surface area contributed by atoms with Crippen molar-refractivity contribution in [2.24, 2.45) is 0 Å². The number of carbonyl (C=O) groups is 1. The highest BCUT2D eigenvalue weighted by Crippen LogP contribution is 2.42. The quantitative estimate of drug-likeness (QED) is 0.792. The highest BCUT2D eigenvalue weighted by atomic mass is 16.5. The average molecular weight is 281 g/mol. The number of carbonyl (C=O) groups excluding carboxylic acids is 1. The Balaban J connectivity index is 2.08. The molecule has 0 N–H and O–H groups in total. The van der Waals surface area contributed by atoms with Crippen molar-refractivity contribution in [1.29, 1.82) is 0 Å². The summed E-state index contributed by atoms with van der Waals surface area (Å²) in [5, 5.41) is 0. The summed E-state index contributed by atoms with van der Waals surface area (Å²) in [4.78, 5) is 16.9. The van der Waals surface area contributed by atoms with Crippen molar-refractivity contribution in [3.63, 3.8) is 0 Å². The number of pyridine rings is 1. The first-order valence-corrected chi connectivity index (χ1v) is 7.44. The lowest BCUT2D eigenvalue weighted by Crippen LogP contribution is -2.10. The fourth-order valence-corrected chi connectivity index (χ4v) is 2.56. The van der Waals surface area contributed by atoms with E-state index in [2.05, 4.69) is 12.1 Å². The third-order valence-corrected chi connectivity index (χ3v) is 3.75. The standard InChI is InChI=1S/C18H19NO2/c1-3-21-18(20)15-11-12(2)16(13-7-5-4-6-8-13)19-17(15)14-9-10-14/h4-8,11,14H,3,9-10H2,1-2H3. The van der Waals surface area contributed by atoms with Crippen LogP contribution in [0.5, 0.6) is 0 Å². The van der Waals surface area contributed by atoms with E-state index in [9.17, 15) is 4.79 Å². The zero-order chi connectivity index (χ0) is 14.8. The van der Waals surface area contributed by atoms with Crippen molar-refractivity contribution in [1.82, 2.24) is 4.98 Å². The van der Waals surface area contributed by atoms with Crippen LogP contribution in [-0.4, -0.2) is 17.6 Å². The van der Waals surface area contributed by atoms with Gasteiger partial charge in [0.1, 0.15) is 0 Å². The fraction of sp³-hybridized carbons (Fsp3) is 0.333. The molecule has 0 unspecified atom stereocenters. The molecule has 1 heterocycles. The maximum Gasteiger partial charge on any atom is 0.339 e. The van der Waals surface area contributed by atoms with Crippen molar-refractivity contribution in [2.75, 3.05) is 6.61 Å². The second kappa shape index (κ2) is 5.68. The van der Waals surface area contributed by atoms with Gasteiger partial charge >= 0.3 is 5.97 Å². The molecule has 21 heavy (non-hydrogen) atoms. The highest BCUT2D eigenvalue weighted by molar-refractivity contribution is 5.92. The van der Waals surface area contributed by atoms with Gasteiger partial charge in [-0.25, -0.2) is 4.79 Å². The van der Waals surface area contributed by atoms with Crippen molar-refractivity contribution < 1.29 is 9.53 Å². The Morgan fingerprint density at radius 2 is 2.00 bits per heavy atom. The van der Waals surface area contributed by atoms with Gasteiger partial charge in [-0.2, -0.15) is 0 Å². The molecule has 3 heteroatoms. The van der Waals surface area contributed by atoms with Gasteiger partial charge in [0.05, 0.1) is 23.6 Å². The lowest BCUT2D eigenvalue weighted by atomic mass is 10.0. The second-order valence-electron chi connectivity index (χ2n) is 5.45. The summed E-state index contributed by atoms with van der Waals surface area (Å²) in [5.41, 5.74) is 4.60. The summed E-state index contributed by atoms with van der Waals surface area (Å²) in [5.74, 6) is 0.155. The first-order chi connectivity index (χ1) is 10.2. The number of benzene rings is 1. The van der Waals surface area contributed by atoms with Crippen LogP contribution in [0.25, 0.3) is 11.3 Å². The van der Waals surface area contributed by atoms with Crippen LogP contribution in [0.3, 0.4) is 0 Å². The molecule has 0 spiro atoms. The molecule has 1 saturated carbocycles. The molecule has 2 aromatic rings. The molecule has 1 fully saturated rings. The number of hydrogen-bond acceptors (Lipinski definition) is 3. The molecular weight excluding hydrogens is 262 g/mol. The second-order valence-corrected chi connectivity index (χ2v) is 5.45. The largest absolute Gasteiger partial charge is 0.462 e. The van der Waals surface area contributed by atoms with Gasteiger partial charge in [-0.15, -0.1) is 0 Å². The molecule has 1 aromatic heterocycles. The SMILES string of the molecule is CCOC(=O)c1cc(C)c(-c2ccccc2)nc1C1CC1. The minimum atomic E-state index is -0.255. The van der Waals surface area contributed by atoms with Crippen molar-refractivity contribution >= 4 is 5.97 Å². The summed E-state index contributed by atoms with van der Waals surface area (Å²) in [6.45, 7) is 4.21. The van der Waals surface area contributed by atoms with Gasteiger partial charge in [-0.05, 0) is 38.3 Å². The number of rotatable bonds is 4. The Morgan fingerprint density at radius 3 is 2.62 bits per heavy atom. The van der Waals surface area contributed by atoms with Crippen molar-refractivity contribution in [2.45, 2.75) is 32.6 Å². The minimum absolute atomic E-state index is 0.255. The van der Waals surface area contributed by atoms with E-state index in [0.717, 1.165) is 35.4 Å². The summed E-state index contributed by atoms with van der Waals surface area (Å²) in [6, 6.07) is 12.0. The van der Waals surface area contributed by atoms with Gasteiger partial charge in [-0.1, -0.05) is 30.3 Å². The van der Waals surface area contributed by atoms with Gasteiger partial charge in [0, 0.05) is 11.5 Å². The number of aromatic nitrogens is 1. The van der Waals surface area contributed by atoms with Gasteiger partial charge in [0.25, 0.3) is 0 Å². The topological polar surface area (TPSA) is 39.2 Å². The van der Waals surface area contributed by atoms with Gasteiger partial charge < -0.3 is 4.74 Å². The predicted molar refractivity (Wildman–Crippen MR) is 82.3 cm³/mol. The van der Waals surface area contributed by atoms with E-state index in [-0.39, 0.29) is 5.97 Å². The van der Waals surface area contributed by atoms with Gasteiger partial charge in [-0.3, -0.25) is 4.98 Å². The van der Waals surface area contributed by atoms with E-state index in [4.69, 9.17) is 9.72 Å². The smallest absolute Gasteiger partial charge is 0.339 e. The van der Waals surface area contributed by atoms with E-state index >= 15 is 0 Å². The first-order valence-electron chi connectivity index (χ1n) is 7.44. The lowest BCUT2D eigenvalue weighted by Gasteiger charge is -2.12. The molecule has 0 radical (unpaired) electrons. The highest BCUT2D eigenvalue weighted by Gasteiger charge is 2.31. The number of hydrogen-bond donors (Lipinski definition) is 0. The van der Waals surface area contributed by atoms with Crippen LogP contribution in [0.15, 0.2) is 36.4 Å².